The summed E-state index contributed by atoms with van der Waals surface area (Å²) >= 11 is 15.4. The van der Waals surface area contributed by atoms with Crippen molar-refractivity contribution in [2.24, 2.45) is 17.3 Å². The van der Waals surface area contributed by atoms with Crippen LogP contribution in [0.25, 0.3) is 0 Å². The predicted octanol–water partition coefficient (Wildman–Crippen LogP) is 3.76. The quantitative estimate of drug-likeness (QED) is 0.631. The Morgan fingerprint density at radius 3 is 2.79 bits per heavy atom. The Morgan fingerprint density at radius 1 is 1.46 bits per heavy atom. The lowest BCUT2D eigenvalue weighted by molar-refractivity contribution is 0.0784. The maximum Gasteiger partial charge on any atom is 0.277 e. The highest BCUT2D eigenvalue weighted by molar-refractivity contribution is 8.00. The number of carbonyl (C=O) groups excluding carboxylic acids is 1. The molecular weight excluding hydrogens is 367 g/mol. The highest BCUT2D eigenvalue weighted by Gasteiger charge is 2.53. The van der Waals surface area contributed by atoms with Crippen LogP contribution in [0.5, 0.6) is 0 Å². The number of halogens is 2. The van der Waals surface area contributed by atoms with Crippen molar-refractivity contribution in [2.45, 2.75) is 56.2 Å². The number of aromatic nitrogens is 2. The van der Waals surface area contributed by atoms with Crippen LogP contribution >= 0.6 is 35.0 Å². The van der Waals surface area contributed by atoms with Crippen molar-refractivity contribution in [1.82, 2.24) is 9.78 Å². The molecule has 3 rings (SSSR count). The number of aryl methyl sites for hydroxylation is 1. The minimum atomic E-state index is -0.401. The minimum absolute atomic E-state index is 0.0518. The number of nitrogens with zero attached hydrogens (tertiary/aromatic N) is 1. The fourth-order valence-corrected chi connectivity index (χ4v) is 7.49. The number of alkyl halides is 2. The molecular formula is C17H24Cl2N2O2S. The van der Waals surface area contributed by atoms with Crippen LogP contribution in [0.4, 0.5) is 0 Å². The maximum atomic E-state index is 13.0. The second-order valence-electron chi connectivity index (χ2n) is 7.50. The third-order valence-electron chi connectivity index (χ3n) is 5.63. The molecule has 1 N–H and O–H groups in total. The number of hydrogen-bond acceptors (Lipinski definition) is 3. The zero-order valence-corrected chi connectivity index (χ0v) is 16.5. The second-order valence-corrected chi connectivity index (χ2v) is 9.85. The molecule has 0 bridgehead atoms. The third kappa shape index (κ3) is 2.97. The van der Waals surface area contributed by atoms with Crippen molar-refractivity contribution >= 4 is 40.7 Å². The highest BCUT2D eigenvalue weighted by atomic mass is 35.5. The number of rotatable bonds is 3. The van der Waals surface area contributed by atoms with Gasteiger partial charge in [0.15, 0.2) is 5.78 Å². The van der Waals surface area contributed by atoms with Gasteiger partial charge in [0.05, 0.1) is 0 Å². The number of aromatic amines is 1. The van der Waals surface area contributed by atoms with Crippen molar-refractivity contribution in [3.8, 4) is 0 Å². The number of H-pyrrole nitrogens is 1. The van der Waals surface area contributed by atoms with Gasteiger partial charge in [0.25, 0.3) is 5.56 Å². The number of hydrogen-bond donors (Lipinski definition) is 1. The first kappa shape index (κ1) is 18.4. The van der Waals surface area contributed by atoms with E-state index in [1.54, 1.807) is 0 Å². The molecule has 2 fully saturated rings. The van der Waals surface area contributed by atoms with E-state index in [2.05, 4.69) is 18.9 Å². The molecule has 0 radical (unpaired) electrons. The SMILES string of the molecule is CCn1[nH]cc(C(=O)C2CC(Cl)C3SCCC(C)(C)C3C2Cl)c1=O. The van der Waals surface area contributed by atoms with Crippen LogP contribution < -0.4 is 5.56 Å². The monoisotopic (exact) mass is 390 g/mol. The van der Waals surface area contributed by atoms with Gasteiger partial charge < -0.3 is 5.10 Å². The van der Waals surface area contributed by atoms with Crippen LogP contribution in [0.15, 0.2) is 11.0 Å². The van der Waals surface area contributed by atoms with Gasteiger partial charge >= 0.3 is 0 Å². The van der Waals surface area contributed by atoms with Gasteiger partial charge in [-0.3, -0.25) is 14.3 Å². The van der Waals surface area contributed by atoms with E-state index in [1.807, 2.05) is 18.7 Å². The van der Waals surface area contributed by atoms with Crippen LogP contribution in [0.3, 0.4) is 0 Å². The number of carbonyl (C=O) groups is 1. The van der Waals surface area contributed by atoms with E-state index >= 15 is 0 Å². The highest BCUT2D eigenvalue weighted by Crippen LogP contribution is 2.54. The lowest BCUT2D eigenvalue weighted by Gasteiger charge is -2.52. The molecule has 4 nitrogen and oxygen atoms in total. The van der Waals surface area contributed by atoms with Crippen molar-refractivity contribution < 1.29 is 4.79 Å². The number of nitrogens with one attached hydrogen (secondary N) is 1. The molecule has 1 aliphatic carbocycles. The summed E-state index contributed by atoms with van der Waals surface area (Å²) < 4.78 is 1.43. The first-order valence-electron chi connectivity index (χ1n) is 8.50. The topological polar surface area (TPSA) is 54.9 Å². The Labute approximate surface area is 156 Å². The smallest absolute Gasteiger partial charge is 0.277 e. The average Bonchev–Trinajstić information content (AvgIpc) is 2.90. The van der Waals surface area contributed by atoms with Crippen molar-refractivity contribution in [3.05, 3.63) is 22.1 Å². The number of fused-ring (bicyclic) bond motifs is 1. The molecule has 24 heavy (non-hydrogen) atoms. The predicted molar refractivity (Wildman–Crippen MR) is 101 cm³/mol. The number of thioether (sulfide) groups is 1. The van der Waals surface area contributed by atoms with Crippen LogP contribution in [-0.2, 0) is 6.54 Å². The van der Waals surface area contributed by atoms with Crippen LogP contribution in [0.2, 0.25) is 0 Å². The van der Waals surface area contributed by atoms with E-state index in [0.29, 0.717) is 13.0 Å². The zero-order valence-electron chi connectivity index (χ0n) is 14.2. The molecule has 0 amide bonds. The van der Waals surface area contributed by atoms with Gasteiger partial charge in [0.2, 0.25) is 0 Å². The molecule has 1 saturated carbocycles. The van der Waals surface area contributed by atoms with Crippen molar-refractivity contribution in [3.63, 3.8) is 0 Å². The van der Waals surface area contributed by atoms with Crippen molar-refractivity contribution in [1.29, 1.82) is 0 Å². The molecule has 2 heterocycles. The van der Waals surface area contributed by atoms with E-state index in [-0.39, 0.29) is 44.2 Å². The van der Waals surface area contributed by atoms with Gasteiger partial charge in [-0.25, -0.2) is 0 Å². The summed E-state index contributed by atoms with van der Waals surface area (Å²) in [6, 6.07) is 0. The summed E-state index contributed by atoms with van der Waals surface area (Å²) in [5.74, 6) is 0.690. The van der Waals surface area contributed by atoms with Gasteiger partial charge in [0.1, 0.15) is 5.56 Å². The fraction of sp³-hybridized carbons (Fsp3) is 0.765. The fourth-order valence-electron chi connectivity index (χ4n) is 4.14. The maximum absolute atomic E-state index is 13.0. The normalized spacial score (nSPS) is 35.5. The van der Waals surface area contributed by atoms with E-state index in [0.717, 1.165) is 12.2 Å². The largest absolute Gasteiger partial charge is 0.302 e. The Hall–Kier alpha value is -0.390. The first-order valence-corrected chi connectivity index (χ1v) is 10.4. The molecule has 5 unspecified atom stereocenters. The molecule has 1 saturated heterocycles. The minimum Gasteiger partial charge on any atom is -0.302 e. The van der Waals surface area contributed by atoms with E-state index in [9.17, 15) is 9.59 Å². The molecule has 2 aliphatic rings. The summed E-state index contributed by atoms with van der Waals surface area (Å²) in [6.45, 7) is 6.80. The van der Waals surface area contributed by atoms with Gasteiger partial charge in [-0.15, -0.1) is 23.2 Å². The summed E-state index contributed by atoms with van der Waals surface area (Å²) in [6.07, 6.45) is 3.11. The second kappa shape index (κ2) is 6.73. The Morgan fingerprint density at radius 2 is 2.17 bits per heavy atom. The molecule has 1 aromatic heterocycles. The molecule has 7 heteroatoms. The molecule has 134 valence electrons. The summed E-state index contributed by atoms with van der Waals surface area (Å²) in [5, 5.41) is 2.75. The van der Waals surface area contributed by atoms with Gasteiger partial charge in [-0.2, -0.15) is 11.8 Å². The van der Waals surface area contributed by atoms with Crippen molar-refractivity contribution in [2.75, 3.05) is 5.75 Å². The van der Waals surface area contributed by atoms with Gasteiger partial charge in [-0.1, -0.05) is 13.8 Å². The Kier molecular flexibility index (Phi) is 5.16. The standard InChI is InChI=1S/C17H24Cl2N2O2S/c1-4-21-16(23)10(8-20-21)14(22)9-7-11(18)15-12(13(9)19)17(2,3)5-6-24-15/h8-9,11-13,15,20H,4-7H2,1-3H3. The van der Waals surface area contributed by atoms with E-state index in [1.165, 1.54) is 10.9 Å². The average molecular weight is 391 g/mol. The summed E-state index contributed by atoms with van der Waals surface area (Å²) in [4.78, 5) is 25.3. The first-order chi connectivity index (χ1) is 11.3. The number of ketones is 1. The lowest BCUT2D eigenvalue weighted by atomic mass is 9.64. The molecule has 0 aromatic carbocycles. The Bertz CT molecular complexity index is 684. The zero-order chi connectivity index (χ0) is 17.6. The molecule has 5 atom stereocenters. The van der Waals surface area contributed by atoms with Crippen LogP contribution in [0.1, 0.15) is 44.0 Å². The molecule has 0 spiro atoms. The summed E-state index contributed by atoms with van der Waals surface area (Å²) in [7, 11) is 0. The Balaban J connectivity index is 1.92. The van der Waals surface area contributed by atoms with Gasteiger partial charge in [-0.05, 0) is 36.9 Å². The lowest BCUT2D eigenvalue weighted by Crippen LogP contribution is -2.54. The van der Waals surface area contributed by atoms with E-state index in [4.69, 9.17) is 23.2 Å². The summed E-state index contributed by atoms with van der Waals surface area (Å²) in [5.41, 5.74) is -0.0103. The molecule has 1 aliphatic heterocycles. The van der Waals surface area contributed by atoms with Crippen LogP contribution in [0, 0.1) is 17.3 Å². The molecule has 1 aromatic rings. The van der Waals surface area contributed by atoms with E-state index < -0.39 is 5.92 Å². The van der Waals surface area contributed by atoms with Gasteiger partial charge in [0, 0.05) is 34.7 Å². The third-order valence-corrected chi connectivity index (χ3v) is 8.26. The van der Waals surface area contributed by atoms with Crippen LogP contribution in [-0.4, -0.2) is 37.3 Å². The number of Topliss-reactive ketones (excluding diaryl/α,β-unsaturated/α-hetero) is 1.